The van der Waals surface area contributed by atoms with E-state index in [9.17, 15) is 13.2 Å². The maximum absolute atomic E-state index is 12.0. The van der Waals surface area contributed by atoms with Gasteiger partial charge in [-0.05, 0) is 17.7 Å². The molecule has 0 aliphatic heterocycles. The molecular weight excluding hydrogens is 329 g/mol. The highest BCUT2D eigenvalue weighted by atomic mass is 35.6. The normalized spacial score (nSPS) is 14.4. The minimum Gasteiger partial charge on any atom is -0.473 e. The number of hydrogen-bond donors (Lipinski definition) is 1. The molecule has 106 valence electrons. The van der Waals surface area contributed by atoms with Gasteiger partial charge in [0, 0.05) is 0 Å². The van der Waals surface area contributed by atoms with Crippen molar-refractivity contribution in [3.05, 3.63) is 29.8 Å². The molecule has 0 fully saturated rings. The molecule has 1 aromatic carbocycles. The van der Waals surface area contributed by atoms with Gasteiger partial charge in [0.1, 0.15) is 12.3 Å². The Morgan fingerprint density at radius 1 is 1.21 bits per heavy atom. The third-order valence-electron chi connectivity index (χ3n) is 1.62. The average Bonchev–Trinajstić information content (AvgIpc) is 2.25. The van der Waals surface area contributed by atoms with E-state index in [4.69, 9.17) is 43.0 Å². The van der Waals surface area contributed by atoms with Crippen molar-refractivity contribution in [1.82, 2.24) is 0 Å². The first kappa shape index (κ1) is 13.1. The third-order valence-corrected chi connectivity index (χ3v) is 2.13. The van der Waals surface area contributed by atoms with Gasteiger partial charge in [-0.15, -0.1) is 13.2 Å². The van der Waals surface area contributed by atoms with Gasteiger partial charge < -0.3 is 9.47 Å². The van der Waals surface area contributed by atoms with Crippen molar-refractivity contribution in [2.45, 2.75) is 16.7 Å². The Hall–Kier alpha value is -0.850. The second-order valence-corrected chi connectivity index (χ2v) is 5.38. The zero-order valence-electron chi connectivity index (χ0n) is 10.9. The van der Waals surface area contributed by atoms with Crippen LogP contribution in [0, 0.1) is 5.41 Å². The Morgan fingerprint density at radius 3 is 2.16 bits per heavy atom. The molecule has 0 aliphatic rings. The maximum Gasteiger partial charge on any atom is 0.573 e. The number of alkyl halides is 6. The number of rotatable bonds is 3. The summed E-state index contributed by atoms with van der Waals surface area (Å²) in [5, 5.41) is 7.27. The Morgan fingerprint density at radius 2 is 1.74 bits per heavy atom. The maximum atomic E-state index is 12.0. The van der Waals surface area contributed by atoms with Crippen molar-refractivity contribution < 1.29 is 25.4 Å². The SMILES string of the molecule is [2H]C([2H])(OC(=N)C(Cl)(Cl)Cl)c1ccc(OC(F)(F)F)cc1. The second kappa shape index (κ2) is 6.07. The molecule has 0 bridgehead atoms. The molecule has 9 heteroatoms. The lowest BCUT2D eigenvalue weighted by molar-refractivity contribution is -0.274. The van der Waals surface area contributed by atoms with Crippen molar-refractivity contribution in [2.75, 3.05) is 0 Å². The average molecular weight is 339 g/mol. The number of nitrogens with one attached hydrogen (secondary N) is 1. The van der Waals surface area contributed by atoms with Crippen molar-refractivity contribution in [1.29, 1.82) is 5.41 Å². The van der Waals surface area contributed by atoms with E-state index in [1.807, 2.05) is 0 Å². The Bertz CT molecular complexity index is 518. The first-order chi connectivity index (χ1) is 9.31. The molecule has 3 nitrogen and oxygen atoms in total. The monoisotopic (exact) mass is 337 g/mol. The molecule has 1 aromatic rings. The first-order valence-corrected chi connectivity index (χ1v) is 5.66. The summed E-state index contributed by atoms with van der Waals surface area (Å²) >= 11 is 16.0. The number of benzene rings is 1. The van der Waals surface area contributed by atoms with Gasteiger partial charge in [0.05, 0.1) is 2.74 Å². The summed E-state index contributed by atoms with van der Waals surface area (Å²) in [5.41, 5.74) is -0.184. The summed E-state index contributed by atoms with van der Waals surface area (Å²) in [4.78, 5) is 0. The molecule has 0 saturated heterocycles. The highest BCUT2D eigenvalue weighted by molar-refractivity contribution is 6.75. The molecule has 1 N–H and O–H groups in total. The summed E-state index contributed by atoms with van der Waals surface area (Å²) in [6, 6.07) is 3.77. The minimum atomic E-state index is -4.85. The molecule has 0 aliphatic carbocycles. The molecule has 0 unspecified atom stereocenters. The van der Waals surface area contributed by atoms with E-state index < -0.39 is 28.4 Å². The van der Waals surface area contributed by atoms with E-state index in [2.05, 4.69) is 9.47 Å². The third kappa shape index (κ3) is 6.22. The second-order valence-electron chi connectivity index (χ2n) is 3.10. The van der Waals surface area contributed by atoms with E-state index >= 15 is 0 Å². The van der Waals surface area contributed by atoms with Crippen LogP contribution in [0.3, 0.4) is 0 Å². The van der Waals surface area contributed by atoms with E-state index in [-0.39, 0.29) is 5.56 Å². The van der Waals surface area contributed by atoms with Crippen LogP contribution in [-0.4, -0.2) is 16.1 Å². The molecule has 0 heterocycles. The predicted octanol–water partition coefficient (Wildman–Crippen LogP) is 4.45. The smallest absolute Gasteiger partial charge is 0.473 e. The fourth-order valence-electron chi connectivity index (χ4n) is 0.892. The van der Waals surface area contributed by atoms with Crippen molar-refractivity contribution >= 4 is 40.7 Å². The van der Waals surface area contributed by atoms with Gasteiger partial charge in [0.2, 0.25) is 5.90 Å². The highest BCUT2D eigenvalue weighted by Gasteiger charge is 2.31. The molecule has 0 amide bonds. The number of hydrogen-bond acceptors (Lipinski definition) is 3. The fraction of sp³-hybridized carbons (Fsp3) is 0.300. The van der Waals surface area contributed by atoms with Crippen LogP contribution in [0.5, 0.6) is 5.75 Å². The number of ether oxygens (including phenoxy) is 2. The summed E-state index contributed by atoms with van der Waals surface area (Å²) in [7, 11) is 0. The molecule has 0 atom stereocenters. The van der Waals surface area contributed by atoms with Crippen molar-refractivity contribution in [2.24, 2.45) is 0 Å². The number of halogens is 6. The van der Waals surface area contributed by atoms with E-state index in [0.29, 0.717) is 0 Å². The van der Waals surface area contributed by atoms with Crippen molar-refractivity contribution in [3.8, 4) is 5.75 Å². The van der Waals surface area contributed by atoms with Gasteiger partial charge in [-0.3, -0.25) is 5.41 Å². The molecular formula is C10H7Cl3F3NO2. The largest absolute Gasteiger partial charge is 0.573 e. The fourth-order valence-corrected chi connectivity index (χ4v) is 1.01. The predicted molar refractivity (Wildman–Crippen MR) is 65.9 cm³/mol. The van der Waals surface area contributed by atoms with E-state index in [1.54, 1.807) is 0 Å². The van der Waals surface area contributed by atoms with Crippen LogP contribution in [0.4, 0.5) is 13.2 Å². The van der Waals surface area contributed by atoms with Crippen LogP contribution < -0.4 is 4.74 Å². The zero-order chi connectivity index (χ0) is 16.5. The van der Waals surface area contributed by atoms with Gasteiger partial charge in [0.15, 0.2) is 0 Å². The highest BCUT2D eigenvalue weighted by Crippen LogP contribution is 2.28. The molecule has 0 aromatic heterocycles. The molecule has 0 radical (unpaired) electrons. The van der Waals surface area contributed by atoms with Crippen LogP contribution >= 0.6 is 34.8 Å². The molecule has 0 saturated carbocycles. The summed E-state index contributed by atoms with van der Waals surface area (Å²) in [6.07, 6.45) is -4.85. The molecule has 0 spiro atoms. The van der Waals surface area contributed by atoms with Gasteiger partial charge in [0.25, 0.3) is 3.79 Å². The summed E-state index contributed by atoms with van der Waals surface area (Å²) < 4.78 is 57.1. The van der Waals surface area contributed by atoms with Gasteiger partial charge in [-0.2, -0.15) is 0 Å². The minimum absolute atomic E-state index is 0.184. The van der Waals surface area contributed by atoms with Gasteiger partial charge in [-0.1, -0.05) is 46.9 Å². The van der Waals surface area contributed by atoms with Crippen LogP contribution in [0.25, 0.3) is 0 Å². The quantitative estimate of drug-likeness (QED) is 0.502. The van der Waals surface area contributed by atoms with E-state index in [0.717, 1.165) is 24.3 Å². The van der Waals surface area contributed by atoms with Crippen molar-refractivity contribution in [3.63, 3.8) is 0 Å². The summed E-state index contributed by atoms with van der Waals surface area (Å²) in [6.45, 7) is -2.57. The first-order valence-electron chi connectivity index (χ1n) is 5.52. The Kier molecular flexibility index (Phi) is 4.20. The zero-order valence-corrected chi connectivity index (χ0v) is 11.2. The van der Waals surface area contributed by atoms with Crippen LogP contribution in [0.15, 0.2) is 24.3 Å². The van der Waals surface area contributed by atoms with Crippen LogP contribution in [0.1, 0.15) is 8.30 Å². The van der Waals surface area contributed by atoms with Crippen LogP contribution in [-0.2, 0) is 11.3 Å². The Balaban J connectivity index is 2.87. The summed E-state index contributed by atoms with van der Waals surface area (Å²) in [5.74, 6) is -1.49. The molecule has 19 heavy (non-hydrogen) atoms. The topological polar surface area (TPSA) is 42.3 Å². The standard InChI is InChI=1S/C10H7Cl3F3NO2/c11-9(12,13)8(17)18-5-6-1-3-7(4-2-6)19-10(14,15)16/h1-4,17H,5H2/i5D2. The van der Waals surface area contributed by atoms with Gasteiger partial charge in [-0.25, -0.2) is 0 Å². The van der Waals surface area contributed by atoms with Crippen LogP contribution in [0.2, 0.25) is 0 Å². The van der Waals surface area contributed by atoms with Gasteiger partial charge >= 0.3 is 6.36 Å². The molecule has 1 rings (SSSR count). The Labute approximate surface area is 124 Å². The lowest BCUT2D eigenvalue weighted by Gasteiger charge is -2.14. The lowest BCUT2D eigenvalue weighted by Crippen LogP contribution is -2.21. The lowest BCUT2D eigenvalue weighted by atomic mass is 10.2. The van der Waals surface area contributed by atoms with E-state index in [1.165, 1.54) is 0 Å².